The van der Waals surface area contributed by atoms with Crippen molar-refractivity contribution in [2.24, 2.45) is 0 Å². The van der Waals surface area contributed by atoms with Gasteiger partial charge in [0.1, 0.15) is 17.3 Å². The Kier molecular flexibility index (Phi) is 5.99. The largest absolute Gasteiger partial charge is 0.497 e. The van der Waals surface area contributed by atoms with E-state index in [1.165, 1.54) is 5.56 Å². The second-order valence-electron chi connectivity index (χ2n) is 6.78. The van der Waals surface area contributed by atoms with Crippen LogP contribution in [-0.4, -0.2) is 24.2 Å². The molecular weight excluding hydrogens is 352 g/mol. The van der Waals surface area contributed by atoms with Crippen LogP contribution in [0, 0.1) is 6.92 Å². The lowest BCUT2D eigenvalue weighted by atomic mass is 10.0. The second kappa shape index (κ2) is 8.61. The van der Waals surface area contributed by atoms with Crippen LogP contribution in [0.15, 0.2) is 48.5 Å². The summed E-state index contributed by atoms with van der Waals surface area (Å²) in [5, 5.41) is 6.66. The zero-order chi connectivity index (χ0) is 20.1. The van der Waals surface area contributed by atoms with Gasteiger partial charge in [-0.15, -0.1) is 0 Å². The van der Waals surface area contributed by atoms with Crippen LogP contribution in [-0.2, 0) is 0 Å². The molecule has 0 radical (unpaired) electrons. The number of anilines is 4. The number of rotatable bonds is 7. The van der Waals surface area contributed by atoms with Crippen LogP contribution in [0.1, 0.15) is 31.0 Å². The molecule has 0 spiro atoms. The number of aryl methyl sites for hydroxylation is 1. The van der Waals surface area contributed by atoms with E-state index in [1.54, 1.807) is 14.2 Å². The molecule has 0 amide bonds. The second-order valence-corrected chi connectivity index (χ2v) is 6.78. The number of para-hydroxylation sites is 1. The first-order valence-electron chi connectivity index (χ1n) is 9.21. The molecule has 1 aromatic heterocycles. The molecule has 1 heterocycles. The average molecular weight is 378 g/mol. The molecule has 0 unspecified atom stereocenters. The SMILES string of the molecule is COc1ccc(OC)c(Nc2cc(C)nc(Nc3ccccc3C(C)C)n2)c1. The van der Waals surface area contributed by atoms with Gasteiger partial charge in [-0.2, -0.15) is 4.98 Å². The number of nitrogens with one attached hydrogen (secondary N) is 2. The molecule has 0 aliphatic heterocycles. The summed E-state index contributed by atoms with van der Waals surface area (Å²) in [6.07, 6.45) is 0. The highest BCUT2D eigenvalue weighted by molar-refractivity contribution is 5.68. The van der Waals surface area contributed by atoms with Crippen LogP contribution in [0.25, 0.3) is 0 Å². The van der Waals surface area contributed by atoms with Crippen molar-refractivity contribution in [2.75, 3.05) is 24.9 Å². The summed E-state index contributed by atoms with van der Waals surface area (Å²) in [7, 11) is 3.27. The van der Waals surface area contributed by atoms with E-state index in [0.717, 1.165) is 22.8 Å². The van der Waals surface area contributed by atoms with Crippen molar-refractivity contribution in [3.8, 4) is 11.5 Å². The molecule has 6 nitrogen and oxygen atoms in total. The monoisotopic (exact) mass is 378 g/mol. The van der Waals surface area contributed by atoms with Gasteiger partial charge in [0.25, 0.3) is 0 Å². The van der Waals surface area contributed by atoms with Gasteiger partial charge in [-0.25, -0.2) is 4.98 Å². The fourth-order valence-electron chi connectivity index (χ4n) is 2.97. The maximum absolute atomic E-state index is 5.44. The molecule has 3 rings (SSSR count). The van der Waals surface area contributed by atoms with Gasteiger partial charge < -0.3 is 20.1 Å². The van der Waals surface area contributed by atoms with Crippen LogP contribution in [0.4, 0.5) is 23.1 Å². The highest BCUT2D eigenvalue weighted by Crippen LogP contribution is 2.32. The number of ether oxygens (including phenoxy) is 2. The van der Waals surface area contributed by atoms with Gasteiger partial charge in [0, 0.05) is 23.5 Å². The minimum absolute atomic E-state index is 0.396. The van der Waals surface area contributed by atoms with Gasteiger partial charge >= 0.3 is 0 Å². The lowest BCUT2D eigenvalue weighted by molar-refractivity contribution is 0.405. The first-order chi connectivity index (χ1) is 13.5. The van der Waals surface area contributed by atoms with Gasteiger partial charge in [0.05, 0.1) is 19.9 Å². The first kappa shape index (κ1) is 19.5. The lowest BCUT2D eigenvalue weighted by Crippen LogP contribution is -2.05. The Morgan fingerprint density at radius 2 is 1.64 bits per heavy atom. The lowest BCUT2D eigenvalue weighted by Gasteiger charge is -2.15. The fourth-order valence-corrected chi connectivity index (χ4v) is 2.97. The third kappa shape index (κ3) is 4.52. The molecule has 146 valence electrons. The van der Waals surface area contributed by atoms with Crippen LogP contribution in [0.3, 0.4) is 0 Å². The van der Waals surface area contributed by atoms with Crippen molar-refractivity contribution in [2.45, 2.75) is 26.7 Å². The summed E-state index contributed by atoms with van der Waals surface area (Å²) >= 11 is 0. The van der Waals surface area contributed by atoms with Crippen molar-refractivity contribution >= 4 is 23.1 Å². The van der Waals surface area contributed by atoms with Crippen LogP contribution in [0.2, 0.25) is 0 Å². The Bertz CT molecular complexity index is 957. The van der Waals surface area contributed by atoms with Gasteiger partial charge in [-0.3, -0.25) is 0 Å². The van der Waals surface area contributed by atoms with E-state index in [2.05, 4.69) is 40.5 Å². The van der Waals surface area contributed by atoms with Crippen molar-refractivity contribution in [3.63, 3.8) is 0 Å². The molecule has 0 saturated heterocycles. The van der Waals surface area contributed by atoms with Gasteiger partial charge in [-0.05, 0) is 36.6 Å². The van der Waals surface area contributed by atoms with E-state index in [4.69, 9.17) is 9.47 Å². The van der Waals surface area contributed by atoms with Gasteiger partial charge in [0.15, 0.2) is 0 Å². The molecule has 3 aromatic rings. The zero-order valence-corrected chi connectivity index (χ0v) is 16.9. The first-order valence-corrected chi connectivity index (χ1v) is 9.21. The molecule has 0 aliphatic rings. The molecule has 0 atom stereocenters. The summed E-state index contributed by atoms with van der Waals surface area (Å²) in [5.74, 6) is 3.04. The Labute approximate surface area is 166 Å². The van der Waals surface area contributed by atoms with Crippen molar-refractivity contribution in [3.05, 3.63) is 59.8 Å². The average Bonchev–Trinajstić information content (AvgIpc) is 2.67. The maximum Gasteiger partial charge on any atom is 0.229 e. The van der Waals surface area contributed by atoms with Gasteiger partial charge in [-0.1, -0.05) is 32.0 Å². The van der Waals surface area contributed by atoms with E-state index >= 15 is 0 Å². The molecule has 6 heteroatoms. The Hall–Kier alpha value is -3.28. The highest BCUT2D eigenvalue weighted by Gasteiger charge is 2.11. The summed E-state index contributed by atoms with van der Waals surface area (Å²) in [6, 6.07) is 15.7. The quantitative estimate of drug-likeness (QED) is 0.573. The Balaban J connectivity index is 1.91. The summed E-state index contributed by atoms with van der Waals surface area (Å²) in [6.45, 7) is 6.27. The molecule has 0 fully saturated rings. The summed E-state index contributed by atoms with van der Waals surface area (Å²) in [4.78, 5) is 9.16. The summed E-state index contributed by atoms with van der Waals surface area (Å²) in [5.41, 5.74) is 3.85. The topological polar surface area (TPSA) is 68.3 Å². The third-order valence-electron chi connectivity index (χ3n) is 4.35. The standard InChI is InChI=1S/C22H26N4O2/c1-14(2)17-8-6-7-9-18(17)25-22-23-15(3)12-21(26-22)24-19-13-16(27-4)10-11-20(19)28-5/h6-14H,1-5H3,(H2,23,24,25,26). The number of aromatic nitrogens is 2. The maximum atomic E-state index is 5.44. The molecule has 0 bridgehead atoms. The third-order valence-corrected chi connectivity index (χ3v) is 4.35. The van der Waals surface area contributed by atoms with Crippen molar-refractivity contribution < 1.29 is 9.47 Å². The number of benzene rings is 2. The molecule has 2 aromatic carbocycles. The van der Waals surface area contributed by atoms with Crippen LogP contribution in [0.5, 0.6) is 11.5 Å². The zero-order valence-electron chi connectivity index (χ0n) is 16.9. The minimum Gasteiger partial charge on any atom is -0.497 e. The number of methoxy groups -OCH3 is 2. The summed E-state index contributed by atoms with van der Waals surface area (Å²) < 4.78 is 10.8. The molecule has 0 aliphatic carbocycles. The van der Waals surface area contributed by atoms with E-state index in [1.807, 2.05) is 49.4 Å². The number of hydrogen-bond acceptors (Lipinski definition) is 6. The van der Waals surface area contributed by atoms with Crippen LogP contribution >= 0.6 is 0 Å². The van der Waals surface area contributed by atoms with E-state index in [0.29, 0.717) is 23.4 Å². The predicted octanol–water partition coefficient (Wildman–Crippen LogP) is 5.41. The van der Waals surface area contributed by atoms with E-state index < -0.39 is 0 Å². The van der Waals surface area contributed by atoms with Crippen molar-refractivity contribution in [1.29, 1.82) is 0 Å². The molecule has 0 saturated carbocycles. The normalized spacial score (nSPS) is 10.6. The minimum atomic E-state index is 0.396. The van der Waals surface area contributed by atoms with Crippen LogP contribution < -0.4 is 20.1 Å². The predicted molar refractivity (Wildman–Crippen MR) is 113 cm³/mol. The smallest absolute Gasteiger partial charge is 0.229 e. The Morgan fingerprint density at radius 1 is 0.857 bits per heavy atom. The van der Waals surface area contributed by atoms with E-state index in [9.17, 15) is 0 Å². The van der Waals surface area contributed by atoms with Crippen molar-refractivity contribution in [1.82, 2.24) is 9.97 Å². The molecule has 2 N–H and O–H groups in total. The fraction of sp³-hybridized carbons (Fsp3) is 0.273. The molecule has 28 heavy (non-hydrogen) atoms. The van der Waals surface area contributed by atoms with Gasteiger partial charge in [0.2, 0.25) is 5.95 Å². The highest BCUT2D eigenvalue weighted by atomic mass is 16.5. The Morgan fingerprint density at radius 3 is 2.36 bits per heavy atom. The number of nitrogens with zero attached hydrogens (tertiary/aromatic N) is 2. The number of hydrogen-bond donors (Lipinski definition) is 2. The van der Waals surface area contributed by atoms with E-state index in [-0.39, 0.29) is 0 Å². The molecular formula is C22H26N4O2.